The second-order valence-electron chi connectivity index (χ2n) is 3.93. The van der Waals surface area contributed by atoms with Crippen molar-refractivity contribution in [3.63, 3.8) is 0 Å². The SMILES string of the molecule is CCNC(c1ccoc1)c1cc(F)ccc1OC. The molecule has 1 atom stereocenters. The molecule has 0 fully saturated rings. The van der Waals surface area contributed by atoms with E-state index in [-0.39, 0.29) is 11.9 Å². The van der Waals surface area contributed by atoms with Crippen molar-refractivity contribution in [2.45, 2.75) is 13.0 Å². The number of hydrogen-bond acceptors (Lipinski definition) is 3. The smallest absolute Gasteiger partial charge is 0.124 e. The van der Waals surface area contributed by atoms with Crippen molar-refractivity contribution >= 4 is 0 Å². The molecule has 1 aromatic heterocycles. The van der Waals surface area contributed by atoms with E-state index in [1.54, 1.807) is 25.7 Å². The first-order valence-corrected chi connectivity index (χ1v) is 5.85. The second-order valence-corrected chi connectivity index (χ2v) is 3.93. The Morgan fingerprint density at radius 2 is 2.22 bits per heavy atom. The number of rotatable bonds is 5. The molecule has 3 nitrogen and oxygen atoms in total. The third-order valence-electron chi connectivity index (χ3n) is 2.79. The van der Waals surface area contributed by atoms with Gasteiger partial charge in [-0.15, -0.1) is 0 Å². The summed E-state index contributed by atoms with van der Waals surface area (Å²) in [5.41, 5.74) is 1.71. The minimum absolute atomic E-state index is 0.139. The third kappa shape index (κ3) is 2.54. The first-order chi connectivity index (χ1) is 8.76. The van der Waals surface area contributed by atoms with Crippen molar-refractivity contribution in [1.82, 2.24) is 5.32 Å². The molecule has 96 valence electrons. The molecule has 0 radical (unpaired) electrons. The predicted octanol–water partition coefficient (Wildman–Crippen LogP) is 3.13. The van der Waals surface area contributed by atoms with Crippen molar-refractivity contribution in [3.8, 4) is 5.75 Å². The molecule has 4 heteroatoms. The van der Waals surface area contributed by atoms with Gasteiger partial charge >= 0.3 is 0 Å². The van der Waals surface area contributed by atoms with Crippen LogP contribution < -0.4 is 10.1 Å². The molecule has 0 spiro atoms. The van der Waals surface area contributed by atoms with E-state index in [0.29, 0.717) is 5.75 Å². The third-order valence-corrected chi connectivity index (χ3v) is 2.79. The minimum Gasteiger partial charge on any atom is -0.496 e. The molecule has 2 rings (SSSR count). The highest BCUT2D eigenvalue weighted by Crippen LogP contribution is 2.30. The molecule has 0 bridgehead atoms. The maximum atomic E-state index is 13.4. The van der Waals surface area contributed by atoms with Crippen molar-refractivity contribution in [1.29, 1.82) is 0 Å². The number of hydrogen-bond donors (Lipinski definition) is 1. The van der Waals surface area contributed by atoms with Crippen LogP contribution in [0.4, 0.5) is 4.39 Å². The summed E-state index contributed by atoms with van der Waals surface area (Å²) in [6.07, 6.45) is 3.25. The van der Waals surface area contributed by atoms with Crippen LogP contribution in [0.5, 0.6) is 5.75 Å². The van der Waals surface area contributed by atoms with E-state index < -0.39 is 0 Å². The van der Waals surface area contributed by atoms with E-state index in [2.05, 4.69) is 5.32 Å². The van der Waals surface area contributed by atoms with Gasteiger partial charge in [-0.1, -0.05) is 6.92 Å². The fraction of sp³-hybridized carbons (Fsp3) is 0.286. The highest BCUT2D eigenvalue weighted by atomic mass is 19.1. The Morgan fingerprint density at radius 3 is 2.83 bits per heavy atom. The molecule has 1 aromatic carbocycles. The Bertz CT molecular complexity index is 497. The molecule has 0 amide bonds. The van der Waals surface area contributed by atoms with Crippen LogP contribution >= 0.6 is 0 Å². The Morgan fingerprint density at radius 1 is 1.39 bits per heavy atom. The summed E-state index contributed by atoms with van der Waals surface area (Å²) in [5, 5.41) is 3.30. The Kier molecular flexibility index (Phi) is 3.99. The van der Waals surface area contributed by atoms with Gasteiger partial charge in [0, 0.05) is 11.1 Å². The molecule has 0 aliphatic carbocycles. The van der Waals surface area contributed by atoms with Crippen molar-refractivity contribution in [2.24, 2.45) is 0 Å². The highest BCUT2D eigenvalue weighted by Gasteiger charge is 2.19. The quantitative estimate of drug-likeness (QED) is 0.884. The first-order valence-electron chi connectivity index (χ1n) is 5.85. The Balaban J connectivity index is 2.45. The number of furan rings is 1. The Hall–Kier alpha value is -1.81. The maximum Gasteiger partial charge on any atom is 0.124 e. The van der Waals surface area contributed by atoms with Gasteiger partial charge in [-0.3, -0.25) is 0 Å². The molecular weight excluding hydrogens is 233 g/mol. The van der Waals surface area contributed by atoms with Crippen LogP contribution in [0.2, 0.25) is 0 Å². The normalized spacial score (nSPS) is 12.4. The molecule has 1 N–H and O–H groups in total. The van der Waals surface area contributed by atoms with Gasteiger partial charge in [0.05, 0.1) is 25.7 Å². The van der Waals surface area contributed by atoms with Gasteiger partial charge in [-0.05, 0) is 30.8 Å². The molecule has 0 saturated heterocycles. The average molecular weight is 249 g/mol. The molecule has 0 aliphatic heterocycles. The topological polar surface area (TPSA) is 34.4 Å². The zero-order valence-electron chi connectivity index (χ0n) is 10.4. The van der Waals surface area contributed by atoms with Gasteiger partial charge in [0.1, 0.15) is 11.6 Å². The molecule has 18 heavy (non-hydrogen) atoms. The van der Waals surface area contributed by atoms with Gasteiger partial charge in [-0.2, -0.15) is 0 Å². The van der Waals surface area contributed by atoms with Crippen molar-refractivity contribution in [3.05, 3.63) is 53.7 Å². The van der Waals surface area contributed by atoms with Crippen LogP contribution in [0.15, 0.2) is 41.2 Å². The van der Waals surface area contributed by atoms with Crippen LogP contribution in [-0.2, 0) is 0 Å². The van der Waals surface area contributed by atoms with Crippen LogP contribution in [0.25, 0.3) is 0 Å². The lowest BCUT2D eigenvalue weighted by atomic mass is 10.00. The van der Waals surface area contributed by atoms with Crippen LogP contribution in [-0.4, -0.2) is 13.7 Å². The first kappa shape index (κ1) is 12.6. The van der Waals surface area contributed by atoms with Gasteiger partial charge < -0.3 is 14.5 Å². The largest absolute Gasteiger partial charge is 0.496 e. The average Bonchev–Trinajstić information content (AvgIpc) is 2.89. The molecule has 0 saturated carbocycles. The molecule has 1 heterocycles. The van der Waals surface area contributed by atoms with Crippen molar-refractivity contribution < 1.29 is 13.5 Å². The summed E-state index contributed by atoms with van der Waals surface area (Å²) < 4.78 is 23.8. The molecule has 0 aliphatic rings. The number of methoxy groups -OCH3 is 1. The lowest BCUT2D eigenvalue weighted by Gasteiger charge is -2.19. The van der Waals surface area contributed by atoms with Gasteiger partial charge in [0.15, 0.2) is 0 Å². The predicted molar refractivity (Wildman–Crippen MR) is 67.2 cm³/mol. The van der Waals surface area contributed by atoms with Crippen molar-refractivity contribution in [2.75, 3.05) is 13.7 Å². The summed E-state index contributed by atoms with van der Waals surface area (Å²) in [6, 6.07) is 6.23. The minimum atomic E-state index is -0.280. The van der Waals surface area contributed by atoms with E-state index in [4.69, 9.17) is 9.15 Å². The van der Waals surface area contributed by atoms with Gasteiger partial charge in [0.25, 0.3) is 0 Å². The van der Waals surface area contributed by atoms with Crippen LogP contribution in [0.3, 0.4) is 0 Å². The zero-order valence-corrected chi connectivity index (χ0v) is 10.4. The molecule has 2 aromatic rings. The van der Waals surface area contributed by atoms with E-state index in [1.807, 2.05) is 13.0 Å². The highest BCUT2D eigenvalue weighted by molar-refractivity contribution is 5.41. The number of ether oxygens (including phenoxy) is 1. The lowest BCUT2D eigenvalue weighted by molar-refractivity contribution is 0.402. The maximum absolute atomic E-state index is 13.4. The standard InChI is InChI=1S/C14H16FNO2/c1-3-16-14(10-6-7-18-9-10)12-8-11(15)4-5-13(12)17-2/h4-9,14,16H,3H2,1-2H3. The molecule has 1 unspecified atom stereocenters. The summed E-state index contributed by atoms with van der Waals surface area (Å²) in [4.78, 5) is 0. The van der Waals surface area contributed by atoms with E-state index in [9.17, 15) is 4.39 Å². The van der Waals surface area contributed by atoms with Gasteiger partial charge in [-0.25, -0.2) is 4.39 Å². The monoisotopic (exact) mass is 249 g/mol. The fourth-order valence-corrected chi connectivity index (χ4v) is 1.98. The number of benzene rings is 1. The van der Waals surface area contributed by atoms with E-state index in [0.717, 1.165) is 17.7 Å². The Labute approximate surface area is 106 Å². The van der Waals surface area contributed by atoms with Gasteiger partial charge in [0.2, 0.25) is 0 Å². The molecular formula is C14H16FNO2. The zero-order chi connectivity index (χ0) is 13.0. The number of nitrogens with one attached hydrogen (secondary N) is 1. The number of halogens is 1. The second kappa shape index (κ2) is 5.69. The lowest BCUT2D eigenvalue weighted by Crippen LogP contribution is -2.22. The van der Waals surface area contributed by atoms with Crippen LogP contribution in [0, 0.1) is 5.82 Å². The summed E-state index contributed by atoms with van der Waals surface area (Å²) in [7, 11) is 1.58. The summed E-state index contributed by atoms with van der Waals surface area (Å²) in [5.74, 6) is 0.376. The van der Waals surface area contributed by atoms with E-state index >= 15 is 0 Å². The summed E-state index contributed by atoms with van der Waals surface area (Å²) in [6.45, 7) is 2.76. The van der Waals surface area contributed by atoms with E-state index in [1.165, 1.54) is 12.1 Å². The fourth-order valence-electron chi connectivity index (χ4n) is 1.98. The summed E-state index contributed by atoms with van der Waals surface area (Å²) >= 11 is 0. The van der Waals surface area contributed by atoms with Crippen LogP contribution in [0.1, 0.15) is 24.1 Å².